The van der Waals surface area contributed by atoms with Gasteiger partial charge in [0.05, 0.1) is 0 Å². The molecule has 1 heterocycles. The molecule has 0 saturated heterocycles. The topological polar surface area (TPSA) is 38.9 Å². The van der Waals surface area contributed by atoms with Crippen LogP contribution in [0.4, 0.5) is 0 Å². The van der Waals surface area contributed by atoms with Crippen LogP contribution in [0.1, 0.15) is 32.1 Å². The third-order valence-electron chi connectivity index (χ3n) is 2.58. The highest BCUT2D eigenvalue weighted by Gasteiger charge is 2.13. The van der Waals surface area contributed by atoms with Gasteiger partial charge in [0.1, 0.15) is 0 Å². The van der Waals surface area contributed by atoms with E-state index >= 15 is 0 Å². The Balaban J connectivity index is 2.28. The van der Waals surface area contributed by atoms with Crippen molar-refractivity contribution in [3.8, 4) is 11.4 Å². The predicted octanol–water partition coefficient (Wildman–Crippen LogP) is 4.01. The van der Waals surface area contributed by atoms with Crippen LogP contribution in [0.15, 0.2) is 33.3 Å². The second kappa shape index (κ2) is 4.78. The van der Waals surface area contributed by atoms with E-state index in [1.165, 1.54) is 0 Å². The molecule has 0 radical (unpaired) electrons. The Labute approximate surface area is 103 Å². The molecule has 0 bridgehead atoms. The Morgan fingerprint density at radius 2 is 2.00 bits per heavy atom. The highest BCUT2D eigenvalue weighted by Crippen LogP contribution is 2.22. The zero-order chi connectivity index (χ0) is 11.5. The van der Waals surface area contributed by atoms with Crippen molar-refractivity contribution in [3.63, 3.8) is 0 Å². The maximum atomic E-state index is 5.23. The molecule has 16 heavy (non-hydrogen) atoms. The summed E-state index contributed by atoms with van der Waals surface area (Å²) in [5.41, 5.74) is 0.974. The standard InChI is InChI=1S/C12H13BrN2O/c1-3-8(2)12-14-11(15-16-12)9-4-6-10(13)7-5-9/h4-8H,3H2,1-2H3/t8-/m0/s1. The van der Waals surface area contributed by atoms with Gasteiger partial charge in [-0.05, 0) is 30.7 Å². The van der Waals surface area contributed by atoms with E-state index in [2.05, 4.69) is 39.9 Å². The van der Waals surface area contributed by atoms with Crippen LogP contribution < -0.4 is 0 Å². The van der Waals surface area contributed by atoms with Gasteiger partial charge >= 0.3 is 0 Å². The smallest absolute Gasteiger partial charge is 0.229 e. The highest BCUT2D eigenvalue weighted by atomic mass is 79.9. The summed E-state index contributed by atoms with van der Waals surface area (Å²) in [5, 5.41) is 3.98. The highest BCUT2D eigenvalue weighted by molar-refractivity contribution is 9.10. The molecule has 0 aliphatic heterocycles. The first-order valence-electron chi connectivity index (χ1n) is 5.30. The first-order chi connectivity index (χ1) is 7.70. The van der Waals surface area contributed by atoms with Crippen LogP contribution in [0, 0.1) is 0 Å². The summed E-state index contributed by atoms with van der Waals surface area (Å²) in [4.78, 5) is 4.39. The predicted molar refractivity (Wildman–Crippen MR) is 66.1 cm³/mol. The molecule has 0 N–H and O–H groups in total. The number of halogens is 1. The SMILES string of the molecule is CC[C@H](C)c1nc(-c2ccc(Br)cc2)no1. The van der Waals surface area contributed by atoms with Gasteiger partial charge < -0.3 is 4.52 Å². The Hall–Kier alpha value is -1.16. The quantitative estimate of drug-likeness (QED) is 0.853. The van der Waals surface area contributed by atoms with Crippen molar-refractivity contribution >= 4 is 15.9 Å². The minimum Gasteiger partial charge on any atom is -0.339 e. The molecule has 0 unspecified atom stereocenters. The van der Waals surface area contributed by atoms with E-state index < -0.39 is 0 Å². The normalized spacial score (nSPS) is 12.7. The average molecular weight is 281 g/mol. The van der Waals surface area contributed by atoms with Crippen molar-refractivity contribution in [2.24, 2.45) is 0 Å². The van der Waals surface area contributed by atoms with Gasteiger partial charge in [0.25, 0.3) is 0 Å². The third-order valence-corrected chi connectivity index (χ3v) is 3.11. The number of hydrogen-bond donors (Lipinski definition) is 0. The zero-order valence-corrected chi connectivity index (χ0v) is 10.9. The lowest BCUT2D eigenvalue weighted by atomic mass is 10.1. The van der Waals surface area contributed by atoms with Crippen LogP contribution in [-0.4, -0.2) is 10.1 Å². The van der Waals surface area contributed by atoms with Gasteiger partial charge in [-0.1, -0.05) is 34.9 Å². The van der Waals surface area contributed by atoms with Crippen molar-refractivity contribution in [1.82, 2.24) is 10.1 Å². The van der Waals surface area contributed by atoms with E-state index in [9.17, 15) is 0 Å². The summed E-state index contributed by atoms with van der Waals surface area (Å²) in [7, 11) is 0. The first-order valence-corrected chi connectivity index (χ1v) is 6.09. The van der Waals surface area contributed by atoms with Crippen LogP contribution in [0.2, 0.25) is 0 Å². The fourth-order valence-corrected chi connectivity index (χ4v) is 1.59. The molecule has 1 aromatic heterocycles. The molecule has 0 spiro atoms. The second-order valence-electron chi connectivity index (χ2n) is 3.77. The van der Waals surface area contributed by atoms with Gasteiger partial charge in [0.2, 0.25) is 11.7 Å². The fourth-order valence-electron chi connectivity index (χ4n) is 1.33. The zero-order valence-electron chi connectivity index (χ0n) is 9.27. The van der Waals surface area contributed by atoms with Crippen LogP contribution in [0.25, 0.3) is 11.4 Å². The molecule has 0 aliphatic rings. The number of aromatic nitrogens is 2. The lowest BCUT2D eigenvalue weighted by Gasteiger charge is -1.98. The molecule has 2 rings (SSSR count). The van der Waals surface area contributed by atoms with E-state index in [-0.39, 0.29) is 0 Å². The van der Waals surface area contributed by atoms with Gasteiger partial charge in [0, 0.05) is 16.0 Å². The maximum absolute atomic E-state index is 5.23. The largest absolute Gasteiger partial charge is 0.339 e. The number of hydrogen-bond acceptors (Lipinski definition) is 3. The molecule has 0 saturated carbocycles. The van der Waals surface area contributed by atoms with Crippen LogP contribution in [0.5, 0.6) is 0 Å². The Kier molecular flexibility index (Phi) is 3.39. The summed E-state index contributed by atoms with van der Waals surface area (Å²) in [5.74, 6) is 1.68. The van der Waals surface area contributed by atoms with Gasteiger partial charge in [-0.2, -0.15) is 4.98 Å². The Morgan fingerprint density at radius 3 is 2.62 bits per heavy atom. The van der Waals surface area contributed by atoms with Crippen molar-refractivity contribution in [1.29, 1.82) is 0 Å². The van der Waals surface area contributed by atoms with Gasteiger partial charge in [0.15, 0.2) is 0 Å². The third kappa shape index (κ3) is 2.32. The maximum Gasteiger partial charge on any atom is 0.229 e. The molecule has 0 aliphatic carbocycles. The van der Waals surface area contributed by atoms with E-state index in [0.717, 1.165) is 16.5 Å². The van der Waals surface area contributed by atoms with Crippen molar-refractivity contribution in [3.05, 3.63) is 34.6 Å². The van der Waals surface area contributed by atoms with E-state index in [1.807, 2.05) is 24.3 Å². The Bertz CT molecular complexity index is 464. The average Bonchev–Trinajstić information content (AvgIpc) is 2.78. The lowest BCUT2D eigenvalue weighted by molar-refractivity contribution is 0.357. The second-order valence-corrected chi connectivity index (χ2v) is 4.69. The Morgan fingerprint density at radius 1 is 1.31 bits per heavy atom. The summed E-state index contributed by atoms with van der Waals surface area (Å²) in [6.45, 7) is 4.19. The summed E-state index contributed by atoms with van der Waals surface area (Å²) < 4.78 is 6.27. The van der Waals surface area contributed by atoms with Gasteiger partial charge in [-0.25, -0.2) is 0 Å². The molecular weight excluding hydrogens is 268 g/mol. The summed E-state index contributed by atoms with van der Waals surface area (Å²) in [6.07, 6.45) is 1.00. The molecule has 4 heteroatoms. The molecular formula is C12H13BrN2O. The monoisotopic (exact) mass is 280 g/mol. The van der Waals surface area contributed by atoms with Crippen LogP contribution in [-0.2, 0) is 0 Å². The van der Waals surface area contributed by atoms with Crippen LogP contribution >= 0.6 is 15.9 Å². The first kappa shape index (κ1) is 11.3. The van der Waals surface area contributed by atoms with Crippen LogP contribution in [0.3, 0.4) is 0 Å². The van der Waals surface area contributed by atoms with E-state index in [1.54, 1.807) is 0 Å². The van der Waals surface area contributed by atoms with Crippen molar-refractivity contribution < 1.29 is 4.52 Å². The lowest BCUT2D eigenvalue weighted by Crippen LogP contribution is -1.90. The van der Waals surface area contributed by atoms with E-state index in [0.29, 0.717) is 17.6 Å². The molecule has 1 aromatic carbocycles. The molecule has 2 aromatic rings. The molecule has 3 nitrogen and oxygen atoms in total. The van der Waals surface area contributed by atoms with Gasteiger partial charge in [-0.3, -0.25) is 0 Å². The molecule has 84 valence electrons. The summed E-state index contributed by atoms with van der Waals surface area (Å²) in [6, 6.07) is 7.87. The molecule has 0 fully saturated rings. The minimum absolute atomic E-state index is 0.316. The molecule has 1 atom stereocenters. The van der Waals surface area contributed by atoms with Gasteiger partial charge in [-0.15, -0.1) is 0 Å². The number of rotatable bonds is 3. The number of benzene rings is 1. The van der Waals surface area contributed by atoms with Crippen molar-refractivity contribution in [2.75, 3.05) is 0 Å². The fraction of sp³-hybridized carbons (Fsp3) is 0.333. The molecule has 0 amide bonds. The minimum atomic E-state index is 0.316. The van der Waals surface area contributed by atoms with Crippen molar-refractivity contribution in [2.45, 2.75) is 26.2 Å². The number of nitrogens with zero attached hydrogens (tertiary/aromatic N) is 2. The summed E-state index contributed by atoms with van der Waals surface area (Å²) >= 11 is 3.39. The van der Waals surface area contributed by atoms with E-state index in [4.69, 9.17) is 4.52 Å².